The van der Waals surface area contributed by atoms with Gasteiger partial charge in [0.05, 0.1) is 12.5 Å². The van der Waals surface area contributed by atoms with E-state index < -0.39 is 0 Å². The Kier molecular flexibility index (Phi) is 5.21. The van der Waals surface area contributed by atoms with Gasteiger partial charge in [0, 0.05) is 62.6 Å². The van der Waals surface area contributed by atoms with Crippen LogP contribution in [0.25, 0.3) is 0 Å². The van der Waals surface area contributed by atoms with Crippen LogP contribution in [-0.2, 0) is 19.5 Å². The maximum absolute atomic E-state index is 5.29. The third-order valence-electron chi connectivity index (χ3n) is 6.80. The van der Waals surface area contributed by atoms with Gasteiger partial charge in [-0.2, -0.15) is 0 Å². The van der Waals surface area contributed by atoms with Crippen LogP contribution in [0.1, 0.15) is 23.1 Å². The summed E-state index contributed by atoms with van der Waals surface area (Å²) in [6, 6.07) is 17.4. The predicted octanol–water partition coefficient (Wildman–Crippen LogP) is 4.24. The fourth-order valence-corrected chi connectivity index (χ4v) is 5.42. The number of rotatable bonds is 7. The normalized spacial score (nSPS) is 24.8. The summed E-state index contributed by atoms with van der Waals surface area (Å²) >= 11 is 0. The summed E-state index contributed by atoms with van der Waals surface area (Å²) in [7, 11) is 0. The van der Waals surface area contributed by atoms with Crippen molar-refractivity contribution in [3.05, 3.63) is 90.1 Å². The highest BCUT2D eigenvalue weighted by atomic mass is 16.3. The van der Waals surface area contributed by atoms with Crippen LogP contribution >= 0.6 is 0 Å². The Morgan fingerprint density at radius 2 is 1.59 bits per heavy atom. The summed E-state index contributed by atoms with van der Waals surface area (Å²) in [6.07, 6.45) is 9.92. The Balaban J connectivity index is 1.30. The first-order valence-electron chi connectivity index (χ1n) is 10.7. The molecule has 29 heavy (non-hydrogen) atoms. The topological polar surface area (TPSA) is 32.5 Å². The van der Waals surface area contributed by atoms with E-state index in [0.717, 1.165) is 19.0 Å². The van der Waals surface area contributed by atoms with Crippen molar-refractivity contribution in [1.29, 1.82) is 0 Å². The van der Waals surface area contributed by atoms with Crippen LogP contribution < -0.4 is 0 Å². The molecule has 0 amide bonds. The van der Waals surface area contributed by atoms with Crippen LogP contribution in [0.2, 0.25) is 0 Å². The second kappa shape index (κ2) is 8.13. The highest BCUT2D eigenvalue weighted by molar-refractivity contribution is 5.17. The fourth-order valence-electron chi connectivity index (χ4n) is 5.42. The van der Waals surface area contributed by atoms with E-state index in [1.54, 1.807) is 6.26 Å². The molecule has 2 saturated heterocycles. The molecule has 1 aromatic carbocycles. The van der Waals surface area contributed by atoms with Gasteiger partial charge >= 0.3 is 0 Å². The van der Waals surface area contributed by atoms with Crippen LogP contribution in [0.3, 0.4) is 0 Å². The number of aromatic nitrogens is 1. The SMILES string of the molecule is c1ccc(CCC23CN(Cc4ccncc4)CC2CN(Cc2ccoc2)C3)cc1. The number of pyridine rings is 1. The van der Waals surface area contributed by atoms with Gasteiger partial charge in [0.1, 0.15) is 0 Å². The van der Waals surface area contributed by atoms with E-state index in [0.29, 0.717) is 5.41 Å². The van der Waals surface area contributed by atoms with E-state index in [1.165, 1.54) is 55.7 Å². The van der Waals surface area contributed by atoms with Crippen LogP contribution in [0, 0.1) is 11.3 Å². The molecule has 2 aliphatic heterocycles. The Bertz CT molecular complexity index is 896. The summed E-state index contributed by atoms with van der Waals surface area (Å²) in [6.45, 7) is 6.79. The minimum Gasteiger partial charge on any atom is -0.472 e. The molecule has 2 aromatic heterocycles. The Morgan fingerprint density at radius 3 is 2.28 bits per heavy atom. The minimum absolute atomic E-state index is 0.382. The van der Waals surface area contributed by atoms with Crippen molar-refractivity contribution in [3.63, 3.8) is 0 Å². The molecule has 0 spiro atoms. The van der Waals surface area contributed by atoms with E-state index in [1.807, 2.05) is 18.7 Å². The van der Waals surface area contributed by atoms with Gasteiger partial charge < -0.3 is 4.42 Å². The van der Waals surface area contributed by atoms with Gasteiger partial charge in [-0.3, -0.25) is 14.8 Å². The van der Waals surface area contributed by atoms with Crippen LogP contribution in [0.15, 0.2) is 77.9 Å². The van der Waals surface area contributed by atoms with Crippen molar-refractivity contribution in [2.24, 2.45) is 11.3 Å². The number of furan rings is 1. The van der Waals surface area contributed by atoms with E-state index in [2.05, 4.69) is 63.3 Å². The average Bonchev–Trinajstić information content (AvgIpc) is 3.44. The average molecular weight is 388 g/mol. The van der Waals surface area contributed by atoms with Gasteiger partial charge in [-0.25, -0.2) is 0 Å². The summed E-state index contributed by atoms with van der Waals surface area (Å²) in [4.78, 5) is 9.48. The molecule has 0 radical (unpaired) electrons. The van der Waals surface area contributed by atoms with Gasteiger partial charge in [-0.05, 0) is 48.1 Å². The molecule has 0 aliphatic carbocycles. The van der Waals surface area contributed by atoms with Crippen molar-refractivity contribution in [2.45, 2.75) is 25.9 Å². The second-order valence-corrected chi connectivity index (χ2v) is 8.87. The van der Waals surface area contributed by atoms with Gasteiger partial charge in [0.15, 0.2) is 0 Å². The third-order valence-corrected chi connectivity index (χ3v) is 6.80. The van der Waals surface area contributed by atoms with E-state index in [-0.39, 0.29) is 0 Å². The summed E-state index contributed by atoms with van der Waals surface area (Å²) in [5.41, 5.74) is 4.50. The quantitative estimate of drug-likeness (QED) is 0.607. The summed E-state index contributed by atoms with van der Waals surface area (Å²) < 4.78 is 5.29. The molecular weight excluding hydrogens is 358 g/mol. The van der Waals surface area contributed by atoms with Crippen molar-refractivity contribution in [3.8, 4) is 0 Å². The van der Waals surface area contributed by atoms with Crippen molar-refractivity contribution in [2.75, 3.05) is 26.2 Å². The Hall–Kier alpha value is -2.43. The standard InChI is InChI=1S/C25H29N3O/c1-2-4-21(5-3-1)6-10-25-19-27(14-22-7-11-26-12-8-22)16-24(25)17-28(20-25)15-23-9-13-29-18-23/h1-5,7-9,11-13,18,24H,6,10,14-17,19-20H2. The Morgan fingerprint density at radius 1 is 0.862 bits per heavy atom. The molecule has 2 aliphatic rings. The molecule has 150 valence electrons. The molecule has 3 aromatic rings. The molecule has 0 saturated carbocycles. The van der Waals surface area contributed by atoms with E-state index >= 15 is 0 Å². The lowest BCUT2D eigenvalue weighted by Gasteiger charge is -2.30. The maximum Gasteiger partial charge on any atom is 0.0947 e. The first-order chi connectivity index (χ1) is 14.3. The van der Waals surface area contributed by atoms with Gasteiger partial charge in [-0.15, -0.1) is 0 Å². The van der Waals surface area contributed by atoms with Crippen molar-refractivity contribution < 1.29 is 4.42 Å². The monoisotopic (exact) mass is 387 g/mol. The lowest BCUT2D eigenvalue weighted by Crippen LogP contribution is -2.34. The molecular formula is C25H29N3O. The zero-order valence-electron chi connectivity index (χ0n) is 16.9. The summed E-state index contributed by atoms with van der Waals surface area (Å²) in [5.74, 6) is 0.736. The third kappa shape index (κ3) is 4.14. The number of hydrogen-bond acceptors (Lipinski definition) is 4. The molecule has 0 N–H and O–H groups in total. The largest absolute Gasteiger partial charge is 0.472 e. The fraction of sp³-hybridized carbons (Fsp3) is 0.400. The van der Waals surface area contributed by atoms with Gasteiger partial charge in [-0.1, -0.05) is 30.3 Å². The van der Waals surface area contributed by atoms with Crippen LogP contribution in [0.5, 0.6) is 0 Å². The lowest BCUT2D eigenvalue weighted by atomic mass is 9.76. The molecule has 4 heteroatoms. The predicted molar refractivity (Wildman–Crippen MR) is 114 cm³/mol. The molecule has 2 atom stereocenters. The number of likely N-dealkylation sites (tertiary alicyclic amines) is 2. The molecule has 4 nitrogen and oxygen atoms in total. The molecule has 5 rings (SSSR count). The van der Waals surface area contributed by atoms with Crippen molar-refractivity contribution >= 4 is 0 Å². The van der Waals surface area contributed by atoms with Gasteiger partial charge in [0.25, 0.3) is 0 Å². The molecule has 0 bridgehead atoms. The van der Waals surface area contributed by atoms with Crippen LogP contribution in [0.4, 0.5) is 0 Å². The smallest absolute Gasteiger partial charge is 0.0947 e. The Labute approximate surface area is 173 Å². The van der Waals surface area contributed by atoms with E-state index in [9.17, 15) is 0 Å². The van der Waals surface area contributed by atoms with Crippen molar-refractivity contribution in [1.82, 2.24) is 14.8 Å². The van der Waals surface area contributed by atoms with Gasteiger partial charge in [0.2, 0.25) is 0 Å². The number of nitrogens with zero attached hydrogens (tertiary/aromatic N) is 3. The zero-order valence-corrected chi connectivity index (χ0v) is 16.9. The summed E-state index contributed by atoms with van der Waals surface area (Å²) in [5, 5.41) is 0. The highest BCUT2D eigenvalue weighted by Crippen LogP contribution is 2.46. The first-order valence-corrected chi connectivity index (χ1v) is 10.7. The molecule has 2 fully saturated rings. The molecule has 2 unspecified atom stereocenters. The number of benzene rings is 1. The lowest BCUT2D eigenvalue weighted by molar-refractivity contribution is 0.195. The molecule has 4 heterocycles. The minimum atomic E-state index is 0.382. The zero-order chi connectivity index (χ0) is 19.5. The first kappa shape index (κ1) is 18.6. The maximum atomic E-state index is 5.29. The number of fused-ring (bicyclic) bond motifs is 1. The number of hydrogen-bond donors (Lipinski definition) is 0. The highest BCUT2D eigenvalue weighted by Gasteiger charge is 2.51. The van der Waals surface area contributed by atoms with Crippen LogP contribution in [-0.4, -0.2) is 41.0 Å². The van der Waals surface area contributed by atoms with E-state index in [4.69, 9.17) is 4.42 Å². The second-order valence-electron chi connectivity index (χ2n) is 8.87. The number of aryl methyl sites for hydroxylation is 1.